The topological polar surface area (TPSA) is 158 Å². The van der Waals surface area contributed by atoms with Gasteiger partial charge in [-0.2, -0.15) is 4.98 Å². The zero-order valence-electron chi connectivity index (χ0n) is 9.52. The molecule has 100 valence electrons. The lowest BCUT2D eigenvalue weighted by molar-refractivity contribution is -0.388. The maximum Gasteiger partial charge on any atom is 0.343 e. The van der Waals surface area contributed by atoms with Crippen LogP contribution in [-0.4, -0.2) is 29.7 Å². The molecule has 0 unspecified atom stereocenters. The first-order valence-corrected chi connectivity index (χ1v) is 5.62. The Balaban J connectivity index is 2.45. The SMILES string of the molecule is Cn1c(Sc2nc(NN)ncc2[N+](=O)[O-])n[nH]c1=O. The molecule has 0 saturated heterocycles. The van der Waals surface area contributed by atoms with Crippen molar-refractivity contribution in [2.75, 3.05) is 5.43 Å². The first kappa shape index (κ1) is 13.0. The van der Waals surface area contributed by atoms with Gasteiger partial charge in [0.1, 0.15) is 6.20 Å². The summed E-state index contributed by atoms with van der Waals surface area (Å²) in [6.07, 6.45) is 1.02. The van der Waals surface area contributed by atoms with Crippen LogP contribution in [0.4, 0.5) is 11.6 Å². The molecule has 2 rings (SSSR count). The number of anilines is 1. The molecule has 0 bridgehead atoms. The molecule has 0 atom stereocenters. The second-order valence-electron chi connectivity index (χ2n) is 3.26. The highest BCUT2D eigenvalue weighted by Crippen LogP contribution is 2.31. The molecule has 11 nitrogen and oxygen atoms in total. The number of hydrazine groups is 1. The molecular weight excluding hydrogens is 276 g/mol. The normalized spacial score (nSPS) is 10.4. The highest BCUT2D eigenvalue weighted by molar-refractivity contribution is 7.99. The first-order valence-electron chi connectivity index (χ1n) is 4.80. The summed E-state index contributed by atoms with van der Waals surface area (Å²) in [6, 6.07) is 0. The minimum absolute atomic E-state index is 0.0219. The molecule has 0 aliphatic heterocycles. The van der Waals surface area contributed by atoms with Crippen molar-refractivity contribution in [3.8, 4) is 0 Å². The number of nitro groups is 1. The molecule has 19 heavy (non-hydrogen) atoms. The lowest BCUT2D eigenvalue weighted by atomic mass is 10.5. The van der Waals surface area contributed by atoms with E-state index in [0.717, 1.165) is 18.0 Å². The van der Waals surface area contributed by atoms with E-state index in [1.807, 2.05) is 0 Å². The van der Waals surface area contributed by atoms with E-state index in [1.54, 1.807) is 0 Å². The van der Waals surface area contributed by atoms with Crippen LogP contribution < -0.4 is 17.0 Å². The molecule has 0 aliphatic carbocycles. The maximum atomic E-state index is 11.2. The van der Waals surface area contributed by atoms with Gasteiger partial charge < -0.3 is 0 Å². The number of nitrogens with two attached hydrogens (primary N) is 1. The highest BCUT2D eigenvalue weighted by Gasteiger charge is 2.20. The van der Waals surface area contributed by atoms with Crippen LogP contribution >= 0.6 is 11.8 Å². The van der Waals surface area contributed by atoms with Crippen LogP contribution in [0.15, 0.2) is 21.2 Å². The molecule has 0 spiro atoms. The number of rotatable bonds is 4. The van der Waals surface area contributed by atoms with Gasteiger partial charge in [-0.05, 0) is 11.8 Å². The van der Waals surface area contributed by atoms with Crippen molar-refractivity contribution >= 4 is 23.4 Å². The van der Waals surface area contributed by atoms with E-state index in [9.17, 15) is 14.9 Å². The smallest absolute Gasteiger partial charge is 0.292 e. The largest absolute Gasteiger partial charge is 0.343 e. The van der Waals surface area contributed by atoms with Crippen LogP contribution in [0.25, 0.3) is 0 Å². The number of nitrogens with zero attached hydrogens (tertiary/aromatic N) is 5. The van der Waals surface area contributed by atoms with Crippen molar-refractivity contribution in [1.82, 2.24) is 24.7 Å². The highest BCUT2D eigenvalue weighted by atomic mass is 32.2. The van der Waals surface area contributed by atoms with E-state index in [2.05, 4.69) is 25.6 Å². The lowest BCUT2D eigenvalue weighted by Crippen LogP contribution is -2.13. The molecule has 0 fully saturated rings. The Hall–Kier alpha value is -2.47. The van der Waals surface area contributed by atoms with Crippen LogP contribution in [0, 0.1) is 10.1 Å². The third kappa shape index (κ3) is 2.53. The molecule has 2 aromatic rings. The number of hydrogen-bond acceptors (Lipinski definition) is 9. The Labute approximate surface area is 109 Å². The Kier molecular flexibility index (Phi) is 3.43. The second kappa shape index (κ2) is 5.03. The van der Waals surface area contributed by atoms with Gasteiger partial charge in [-0.3, -0.25) is 20.1 Å². The van der Waals surface area contributed by atoms with Gasteiger partial charge in [0.15, 0.2) is 10.2 Å². The van der Waals surface area contributed by atoms with Crippen LogP contribution in [0.2, 0.25) is 0 Å². The molecule has 0 radical (unpaired) electrons. The molecule has 0 amide bonds. The van der Waals surface area contributed by atoms with Gasteiger partial charge in [0.2, 0.25) is 5.95 Å². The van der Waals surface area contributed by atoms with Crippen molar-refractivity contribution in [2.45, 2.75) is 10.2 Å². The maximum absolute atomic E-state index is 11.2. The zero-order chi connectivity index (χ0) is 14.0. The molecule has 0 aromatic carbocycles. The number of H-pyrrole nitrogens is 1. The van der Waals surface area contributed by atoms with Gasteiger partial charge in [-0.15, -0.1) is 5.10 Å². The van der Waals surface area contributed by atoms with Crippen molar-refractivity contribution in [2.24, 2.45) is 12.9 Å². The predicted octanol–water partition coefficient (Wildman–Crippen LogP) is -0.757. The first-order chi connectivity index (χ1) is 9.02. The Morgan fingerprint density at radius 2 is 2.37 bits per heavy atom. The van der Waals surface area contributed by atoms with Crippen molar-refractivity contribution < 1.29 is 4.92 Å². The third-order valence-electron chi connectivity index (χ3n) is 2.09. The van der Waals surface area contributed by atoms with E-state index in [4.69, 9.17) is 5.84 Å². The summed E-state index contributed by atoms with van der Waals surface area (Å²) in [5.74, 6) is 5.16. The van der Waals surface area contributed by atoms with Gasteiger partial charge in [-0.25, -0.2) is 20.7 Å². The van der Waals surface area contributed by atoms with Gasteiger partial charge in [0, 0.05) is 7.05 Å². The average Bonchev–Trinajstić information content (AvgIpc) is 2.70. The molecule has 4 N–H and O–H groups in total. The fourth-order valence-electron chi connectivity index (χ4n) is 1.14. The summed E-state index contributed by atoms with van der Waals surface area (Å²) in [5.41, 5.74) is 1.44. The van der Waals surface area contributed by atoms with Gasteiger partial charge in [-0.1, -0.05) is 0 Å². The Morgan fingerprint density at radius 1 is 1.63 bits per heavy atom. The number of aromatic nitrogens is 5. The van der Waals surface area contributed by atoms with E-state index in [1.165, 1.54) is 11.6 Å². The van der Waals surface area contributed by atoms with E-state index in [0.29, 0.717) is 0 Å². The summed E-state index contributed by atoms with van der Waals surface area (Å²) in [5, 5.41) is 17.1. The van der Waals surface area contributed by atoms with Gasteiger partial charge in [0.05, 0.1) is 4.92 Å². The van der Waals surface area contributed by atoms with Crippen LogP contribution in [-0.2, 0) is 7.05 Å². The fraction of sp³-hybridized carbons (Fsp3) is 0.143. The third-order valence-corrected chi connectivity index (χ3v) is 3.13. The molecule has 0 saturated carbocycles. The standard InChI is InChI=1S/C7H8N8O3S/c1-14-6(16)12-13-7(14)19-4-3(15(17)18)2-9-5(10-4)11-8/h2H,8H2,1H3,(H,12,16)(H,9,10,11). The van der Waals surface area contributed by atoms with Gasteiger partial charge in [0.25, 0.3) is 0 Å². The number of hydrogen-bond donors (Lipinski definition) is 3. The van der Waals surface area contributed by atoms with Crippen LogP contribution in [0.3, 0.4) is 0 Å². The summed E-state index contributed by atoms with van der Waals surface area (Å²) in [6.45, 7) is 0. The second-order valence-corrected chi connectivity index (χ2v) is 4.21. The number of aromatic amines is 1. The van der Waals surface area contributed by atoms with E-state index in [-0.39, 0.29) is 21.8 Å². The Morgan fingerprint density at radius 3 is 2.89 bits per heavy atom. The summed E-state index contributed by atoms with van der Waals surface area (Å²) in [7, 11) is 1.48. The van der Waals surface area contributed by atoms with Crippen LogP contribution in [0.5, 0.6) is 0 Å². The quantitative estimate of drug-likeness (QED) is 0.284. The van der Waals surface area contributed by atoms with Crippen LogP contribution in [0.1, 0.15) is 0 Å². The summed E-state index contributed by atoms with van der Waals surface area (Å²) < 4.78 is 1.20. The van der Waals surface area contributed by atoms with E-state index >= 15 is 0 Å². The van der Waals surface area contributed by atoms with E-state index < -0.39 is 10.6 Å². The van der Waals surface area contributed by atoms with Crippen molar-refractivity contribution in [3.05, 3.63) is 26.8 Å². The van der Waals surface area contributed by atoms with Crippen molar-refractivity contribution in [3.63, 3.8) is 0 Å². The predicted molar refractivity (Wildman–Crippen MR) is 64.4 cm³/mol. The number of nitrogens with one attached hydrogen (secondary N) is 2. The Bertz CT molecular complexity index is 679. The molecule has 0 aliphatic rings. The fourth-order valence-corrected chi connectivity index (χ4v) is 1.99. The summed E-state index contributed by atoms with van der Waals surface area (Å²) >= 11 is 0.852. The van der Waals surface area contributed by atoms with Gasteiger partial charge >= 0.3 is 11.4 Å². The summed E-state index contributed by atoms with van der Waals surface area (Å²) in [4.78, 5) is 29.0. The molecule has 2 heterocycles. The minimum atomic E-state index is -0.632. The molecular formula is C7H8N8O3S. The van der Waals surface area contributed by atoms with Crippen molar-refractivity contribution in [1.29, 1.82) is 0 Å². The average molecular weight is 284 g/mol. The molecule has 12 heteroatoms. The number of nitrogen functional groups attached to an aromatic ring is 1. The minimum Gasteiger partial charge on any atom is -0.292 e. The molecule has 2 aromatic heterocycles. The lowest BCUT2D eigenvalue weighted by Gasteiger charge is -2.03. The monoisotopic (exact) mass is 284 g/mol. The zero-order valence-corrected chi connectivity index (χ0v) is 10.3.